The predicted octanol–water partition coefficient (Wildman–Crippen LogP) is 3.85. The molecule has 1 aromatic rings. The number of rotatable bonds is 4. The summed E-state index contributed by atoms with van der Waals surface area (Å²) in [6, 6.07) is 1.35. The molecule has 0 radical (unpaired) electrons. The molecule has 0 aliphatic rings. The van der Waals surface area contributed by atoms with Crippen LogP contribution in [-0.4, -0.2) is 17.6 Å². The van der Waals surface area contributed by atoms with Gasteiger partial charge in [-0.05, 0) is 34.5 Å². The van der Waals surface area contributed by atoms with Crippen molar-refractivity contribution < 1.29 is 18.3 Å². The minimum Gasteiger partial charge on any atom is -0.462 e. The predicted molar refractivity (Wildman–Crippen MR) is 65.5 cm³/mol. The van der Waals surface area contributed by atoms with E-state index in [0.29, 0.717) is 10.9 Å². The van der Waals surface area contributed by atoms with Gasteiger partial charge in [0.15, 0.2) is 0 Å². The van der Waals surface area contributed by atoms with E-state index in [1.165, 1.54) is 6.07 Å². The summed E-state index contributed by atoms with van der Waals surface area (Å²) < 4.78 is 30.5. The zero-order valence-electron chi connectivity index (χ0n) is 8.84. The second-order valence-corrected chi connectivity index (χ2v) is 4.34. The summed E-state index contributed by atoms with van der Waals surface area (Å²) in [7, 11) is 0. The highest BCUT2D eigenvalue weighted by atomic mass is 79.9. The SMILES string of the molecule is CCOC(=O)c1cc(CBr)c(Br)nc1C(F)F. The second kappa shape index (κ2) is 6.39. The zero-order chi connectivity index (χ0) is 13.0. The Kier molecular flexibility index (Phi) is 5.45. The van der Waals surface area contributed by atoms with Crippen molar-refractivity contribution in [2.45, 2.75) is 18.7 Å². The van der Waals surface area contributed by atoms with Crippen LogP contribution in [0.5, 0.6) is 0 Å². The van der Waals surface area contributed by atoms with Gasteiger partial charge in [-0.15, -0.1) is 0 Å². The van der Waals surface area contributed by atoms with Gasteiger partial charge < -0.3 is 4.74 Å². The van der Waals surface area contributed by atoms with E-state index in [1.807, 2.05) is 0 Å². The summed E-state index contributed by atoms with van der Waals surface area (Å²) >= 11 is 6.25. The largest absolute Gasteiger partial charge is 0.462 e. The monoisotopic (exact) mass is 371 g/mol. The topological polar surface area (TPSA) is 39.2 Å². The average Bonchev–Trinajstić information content (AvgIpc) is 2.28. The van der Waals surface area contributed by atoms with Crippen LogP contribution in [0.4, 0.5) is 8.78 Å². The van der Waals surface area contributed by atoms with Crippen LogP contribution in [0.25, 0.3) is 0 Å². The molecule has 0 bridgehead atoms. The number of aromatic nitrogens is 1. The number of carbonyl (C=O) groups is 1. The summed E-state index contributed by atoms with van der Waals surface area (Å²) in [6.45, 7) is 1.73. The Morgan fingerprint density at radius 2 is 2.24 bits per heavy atom. The van der Waals surface area contributed by atoms with Gasteiger partial charge in [0.25, 0.3) is 6.43 Å². The third-order valence-electron chi connectivity index (χ3n) is 1.92. The van der Waals surface area contributed by atoms with Crippen molar-refractivity contribution in [3.63, 3.8) is 0 Å². The first kappa shape index (κ1) is 14.5. The highest BCUT2D eigenvalue weighted by Gasteiger charge is 2.23. The van der Waals surface area contributed by atoms with Crippen molar-refractivity contribution in [1.82, 2.24) is 4.98 Å². The molecule has 17 heavy (non-hydrogen) atoms. The number of ether oxygens (including phenoxy) is 1. The molecule has 1 aromatic heterocycles. The Hall–Kier alpha value is -0.560. The molecule has 0 unspecified atom stereocenters. The van der Waals surface area contributed by atoms with Crippen LogP contribution >= 0.6 is 31.9 Å². The van der Waals surface area contributed by atoms with Gasteiger partial charge >= 0.3 is 5.97 Å². The molecule has 0 atom stereocenters. The molecular formula is C10H9Br2F2NO2. The maximum absolute atomic E-state index is 12.7. The van der Waals surface area contributed by atoms with Gasteiger partial charge in [-0.3, -0.25) is 0 Å². The van der Waals surface area contributed by atoms with E-state index in [1.54, 1.807) is 6.92 Å². The number of nitrogens with zero attached hydrogens (tertiary/aromatic N) is 1. The quantitative estimate of drug-likeness (QED) is 0.457. The van der Waals surface area contributed by atoms with E-state index < -0.39 is 18.1 Å². The summed E-state index contributed by atoms with van der Waals surface area (Å²) in [5.74, 6) is -0.787. The standard InChI is InChI=1S/C10H9Br2F2NO2/c1-2-17-10(16)6-3-5(4-11)8(12)15-7(6)9(13)14/h3,9H,2,4H2,1H3. The molecule has 0 saturated carbocycles. The Morgan fingerprint density at radius 1 is 1.59 bits per heavy atom. The number of pyridine rings is 1. The molecule has 1 rings (SSSR count). The van der Waals surface area contributed by atoms with Crippen LogP contribution in [0.15, 0.2) is 10.7 Å². The fourth-order valence-electron chi connectivity index (χ4n) is 1.18. The van der Waals surface area contributed by atoms with E-state index in [-0.39, 0.29) is 16.8 Å². The summed E-state index contributed by atoms with van der Waals surface area (Å²) in [5, 5.41) is 0.399. The smallest absolute Gasteiger partial charge is 0.340 e. The fraction of sp³-hybridized carbons (Fsp3) is 0.400. The van der Waals surface area contributed by atoms with E-state index in [4.69, 9.17) is 4.74 Å². The number of hydrogen-bond acceptors (Lipinski definition) is 3. The van der Waals surface area contributed by atoms with Gasteiger partial charge in [0.2, 0.25) is 0 Å². The zero-order valence-corrected chi connectivity index (χ0v) is 12.0. The van der Waals surface area contributed by atoms with E-state index in [0.717, 1.165) is 0 Å². The van der Waals surface area contributed by atoms with Gasteiger partial charge in [-0.25, -0.2) is 18.6 Å². The van der Waals surface area contributed by atoms with Gasteiger partial charge in [0, 0.05) is 5.33 Å². The molecule has 0 aliphatic carbocycles. The lowest BCUT2D eigenvalue weighted by Gasteiger charge is -2.10. The summed E-state index contributed by atoms with van der Waals surface area (Å²) in [4.78, 5) is 15.2. The minimum absolute atomic E-state index is 0.126. The first-order valence-corrected chi connectivity index (χ1v) is 6.63. The Labute approximate surface area is 114 Å². The van der Waals surface area contributed by atoms with Crippen molar-refractivity contribution in [3.8, 4) is 0 Å². The molecule has 94 valence electrons. The number of alkyl halides is 3. The van der Waals surface area contributed by atoms with Crippen LogP contribution in [0.2, 0.25) is 0 Å². The Balaban J connectivity index is 3.28. The molecule has 7 heteroatoms. The lowest BCUT2D eigenvalue weighted by molar-refractivity contribution is 0.0513. The lowest BCUT2D eigenvalue weighted by atomic mass is 10.1. The molecular weight excluding hydrogens is 364 g/mol. The van der Waals surface area contributed by atoms with Crippen molar-refractivity contribution in [3.05, 3.63) is 27.5 Å². The number of halogens is 4. The number of esters is 1. The van der Waals surface area contributed by atoms with Crippen LogP contribution in [0.1, 0.15) is 35.0 Å². The molecule has 0 aliphatic heterocycles. The fourth-order valence-corrected chi connectivity index (χ4v) is 2.43. The van der Waals surface area contributed by atoms with E-state index in [9.17, 15) is 13.6 Å². The Morgan fingerprint density at radius 3 is 2.71 bits per heavy atom. The molecule has 3 nitrogen and oxygen atoms in total. The second-order valence-electron chi connectivity index (χ2n) is 3.03. The van der Waals surface area contributed by atoms with Crippen LogP contribution in [0.3, 0.4) is 0 Å². The minimum atomic E-state index is -2.82. The number of hydrogen-bond donors (Lipinski definition) is 0. The van der Waals surface area contributed by atoms with Crippen molar-refractivity contribution in [1.29, 1.82) is 0 Å². The summed E-state index contributed by atoms with van der Waals surface area (Å²) in [6.07, 6.45) is -2.82. The van der Waals surface area contributed by atoms with Gasteiger partial charge in [-0.2, -0.15) is 0 Å². The normalized spacial score (nSPS) is 10.7. The molecule has 0 N–H and O–H groups in total. The van der Waals surface area contributed by atoms with Crippen molar-refractivity contribution >= 4 is 37.8 Å². The first-order chi connectivity index (χ1) is 8.01. The summed E-state index contributed by atoms with van der Waals surface area (Å²) in [5.41, 5.74) is -0.156. The molecule has 1 heterocycles. The highest BCUT2D eigenvalue weighted by Crippen LogP contribution is 2.27. The third kappa shape index (κ3) is 3.45. The van der Waals surface area contributed by atoms with Crippen LogP contribution in [-0.2, 0) is 10.1 Å². The van der Waals surface area contributed by atoms with Crippen molar-refractivity contribution in [2.24, 2.45) is 0 Å². The first-order valence-electron chi connectivity index (χ1n) is 4.71. The molecule has 0 spiro atoms. The Bertz CT molecular complexity index is 427. The maximum atomic E-state index is 12.7. The molecule has 0 fully saturated rings. The maximum Gasteiger partial charge on any atom is 0.340 e. The average molecular weight is 373 g/mol. The molecule has 0 aromatic carbocycles. The highest BCUT2D eigenvalue weighted by molar-refractivity contribution is 9.10. The number of carbonyl (C=O) groups excluding carboxylic acids is 1. The third-order valence-corrected chi connectivity index (χ3v) is 3.21. The molecule has 0 amide bonds. The van der Waals surface area contributed by atoms with Crippen LogP contribution in [0, 0.1) is 0 Å². The van der Waals surface area contributed by atoms with Gasteiger partial charge in [-0.1, -0.05) is 15.9 Å². The van der Waals surface area contributed by atoms with E-state index in [2.05, 4.69) is 36.8 Å². The van der Waals surface area contributed by atoms with Crippen LogP contribution < -0.4 is 0 Å². The molecule has 0 saturated heterocycles. The van der Waals surface area contributed by atoms with Gasteiger partial charge in [0.1, 0.15) is 10.3 Å². The van der Waals surface area contributed by atoms with Gasteiger partial charge in [0.05, 0.1) is 12.2 Å². The lowest BCUT2D eigenvalue weighted by Crippen LogP contribution is -2.11. The van der Waals surface area contributed by atoms with Crippen molar-refractivity contribution in [2.75, 3.05) is 6.61 Å². The van der Waals surface area contributed by atoms with E-state index >= 15 is 0 Å².